The maximum Gasteiger partial charge on any atom is 0.274 e. The Labute approximate surface area is 141 Å². The number of hydrogen-bond donors (Lipinski definition) is 0. The van der Waals surface area contributed by atoms with Crippen LogP contribution in [-0.2, 0) is 14.6 Å². The lowest BCUT2D eigenvalue weighted by atomic mass is 10.2. The van der Waals surface area contributed by atoms with E-state index in [4.69, 9.17) is 4.74 Å². The summed E-state index contributed by atoms with van der Waals surface area (Å²) < 4.78 is 28.6. The first-order valence-electron chi connectivity index (χ1n) is 8.18. The zero-order valence-corrected chi connectivity index (χ0v) is 14.5. The Balaban J connectivity index is 1.72. The van der Waals surface area contributed by atoms with Gasteiger partial charge in [0, 0.05) is 25.7 Å². The molecule has 9 heteroatoms. The van der Waals surface area contributed by atoms with Gasteiger partial charge in [-0.15, -0.1) is 10.2 Å². The van der Waals surface area contributed by atoms with E-state index in [1.165, 1.54) is 0 Å². The molecule has 2 fully saturated rings. The fraction of sp³-hybridized carbons (Fsp3) is 0.667. The van der Waals surface area contributed by atoms with Crippen LogP contribution in [0.25, 0.3) is 0 Å². The van der Waals surface area contributed by atoms with Gasteiger partial charge >= 0.3 is 0 Å². The number of nitrogens with zero attached hydrogens (tertiary/aromatic N) is 4. The molecule has 1 aromatic rings. The molecule has 1 atom stereocenters. The molecule has 0 saturated carbocycles. The van der Waals surface area contributed by atoms with Crippen molar-refractivity contribution in [2.75, 3.05) is 49.3 Å². The third-order valence-corrected chi connectivity index (χ3v) is 6.20. The number of carbonyl (C=O) groups excluding carboxylic acids is 1. The van der Waals surface area contributed by atoms with E-state index in [1.54, 1.807) is 17.0 Å². The standard InChI is InChI=1S/C15H22N4O4S/c1-2-19(12-5-10-24(21,22)11-12)14-4-3-13(16-17-14)15(20)18-6-8-23-9-7-18/h3-4,12H,2,5-11H2,1H3. The van der Waals surface area contributed by atoms with Gasteiger partial charge in [-0.2, -0.15) is 0 Å². The van der Waals surface area contributed by atoms with Crippen molar-refractivity contribution < 1.29 is 17.9 Å². The molecule has 0 N–H and O–H groups in total. The van der Waals surface area contributed by atoms with Crippen molar-refractivity contribution in [3.05, 3.63) is 17.8 Å². The number of carbonyl (C=O) groups is 1. The van der Waals surface area contributed by atoms with Crippen molar-refractivity contribution >= 4 is 21.6 Å². The average molecular weight is 354 g/mol. The second kappa shape index (κ2) is 7.02. The Morgan fingerprint density at radius 1 is 1.33 bits per heavy atom. The number of morpholine rings is 1. The largest absolute Gasteiger partial charge is 0.378 e. The highest BCUT2D eigenvalue weighted by Crippen LogP contribution is 2.22. The highest BCUT2D eigenvalue weighted by Gasteiger charge is 2.32. The van der Waals surface area contributed by atoms with E-state index in [2.05, 4.69) is 10.2 Å². The van der Waals surface area contributed by atoms with Gasteiger partial charge in [0.1, 0.15) is 0 Å². The first-order valence-corrected chi connectivity index (χ1v) is 10.00. The Morgan fingerprint density at radius 2 is 2.08 bits per heavy atom. The van der Waals surface area contributed by atoms with Crippen LogP contribution in [0.5, 0.6) is 0 Å². The molecule has 8 nitrogen and oxygen atoms in total. The monoisotopic (exact) mass is 354 g/mol. The third kappa shape index (κ3) is 3.67. The molecule has 0 aromatic carbocycles. The third-order valence-electron chi connectivity index (χ3n) is 4.45. The second-order valence-electron chi connectivity index (χ2n) is 6.02. The number of ether oxygens (including phenoxy) is 1. The van der Waals surface area contributed by atoms with Gasteiger partial charge in [0.2, 0.25) is 0 Å². The summed E-state index contributed by atoms with van der Waals surface area (Å²) >= 11 is 0. The van der Waals surface area contributed by atoms with Gasteiger partial charge in [-0.3, -0.25) is 4.79 Å². The minimum atomic E-state index is -2.96. The first kappa shape index (κ1) is 17.1. The van der Waals surface area contributed by atoms with Crippen LogP contribution in [0, 0.1) is 0 Å². The summed E-state index contributed by atoms with van der Waals surface area (Å²) in [7, 11) is -2.96. The number of anilines is 1. The van der Waals surface area contributed by atoms with Crippen LogP contribution in [0.4, 0.5) is 5.82 Å². The van der Waals surface area contributed by atoms with E-state index >= 15 is 0 Å². The van der Waals surface area contributed by atoms with Crippen molar-refractivity contribution in [1.29, 1.82) is 0 Å². The molecule has 1 aromatic heterocycles. The highest BCUT2D eigenvalue weighted by atomic mass is 32.2. The Bertz CT molecular complexity index is 686. The average Bonchev–Trinajstić information content (AvgIpc) is 2.96. The van der Waals surface area contributed by atoms with E-state index in [0.29, 0.717) is 50.8 Å². The fourth-order valence-electron chi connectivity index (χ4n) is 3.15. The molecule has 132 valence electrons. The summed E-state index contributed by atoms with van der Waals surface area (Å²) in [5, 5.41) is 8.22. The number of sulfone groups is 1. The normalized spacial score (nSPS) is 23.2. The molecular weight excluding hydrogens is 332 g/mol. The summed E-state index contributed by atoms with van der Waals surface area (Å²) in [6, 6.07) is 3.33. The summed E-state index contributed by atoms with van der Waals surface area (Å²) in [4.78, 5) is 16.0. The van der Waals surface area contributed by atoms with Crippen molar-refractivity contribution in [3.8, 4) is 0 Å². The van der Waals surface area contributed by atoms with E-state index < -0.39 is 9.84 Å². The Hall–Kier alpha value is -1.74. The van der Waals surface area contributed by atoms with E-state index in [-0.39, 0.29) is 23.5 Å². The minimum Gasteiger partial charge on any atom is -0.378 e. The molecule has 1 amide bonds. The minimum absolute atomic E-state index is 0.0740. The van der Waals surface area contributed by atoms with Gasteiger partial charge in [-0.1, -0.05) is 0 Å². The summed E-state index contributed by atoms with van der Waals surface area (Å²) in [6.07, 6.45) is 0.603. The molecule has 0 spiro atoms. The van der Waals surface area contributed by atoms with Gasteiger partial charge in [-0.05, 0) is 25.5 Å². The molecule has 2 saturated heterocycles. The van der Waals surface area contributed by atoms with Crippen molar-refractivity contribution in [1.82, 2.24) is 15.1 Å². The molecule has 3 heterocycles. The van der Waals surface area contributed by atoms with E-state index in [1.807, 2.05) is 11.8 Å². The predicted octanol–water partition coefficient (Wildman–Crippen LogP) is -0.0376. The summed E-state index contributed by atoms with van der Waals surface area (Å²) in [5.41, 5.74) is 0.302. The van der Waals surface area contributed by atoms with Gasteiger partial charge in [0.05, 0.1) is 24.7 Å². The van der Waals surface area contributed by atoms with Gasteiger partial charge < -0.3 is 14.5 Å². The first-order chi connectivity index (χ1) is 11.5. The van der Waals surface area contributed by atoms with E-state index in [9.17, 15) is 13.2 Å². The predicted molar refractivity (Wildman–Crippen MR) is 88.8 cm³/mol. The lowest BCUT2D eigenvalue weighted by Gasteiger charge is -2.28. The van der Waals surface area contributed by atoms with Crippen LogP contribution in [-0.4, -0.2) is 79.8 Å². The summed E-state index contributed by atoms with van der Waals surface area (Å²) in [6.45, 7) is 4.80. The molecule has 3 rings (SSSR count). The Morgan fingerprint density at radius 3 is 2.62 bits per heavy atom. The molecule has 24 heavy (non-hydrogen) atoms. The Kier molecular flexibility index (Phi) is 5.00. The van der Waals surface area contributed by atoms with Crippen LogP contribution in [0.1, 0.15) is 23.8 Å². The SMILES string of the molecule is CCN(c1ccc(C(=O)N2CCOCC2)nn1)C1CCS(=O)(=O)C1. The van der Waals surface area contributed by atoms with Crippen LogP contribution in [0.2, 0.25) is 0 Å². The smallest absolute Gasteiger partial charge is 0.274 e. The maximum absolute atomic E-state index is 12.4. The molecule has 0 radical (unpaired) electrons. The van der Waals surface area contributed by atoms with Crippen LogP contribution in [0.15, 0.2) is 12.1 Å². The zero-order valence-electron chi connectivity index (χ0n) is 13.7. The highest BCUT2D eigenvalue weighted by molar-refractivity contribution is 7.91. The number of rotatable bonds is 4. The summed E-state index contributed by atoms with van der Waals surface area (Å²) in [5.74, 6) is 0.827. The van der Waals surface area contributed by atoms with Crippen molar-refractivity contribution in [2.24, 2.45) is 0 Å². The lowest BCUT2D eigenvalue weighted by molar-refractivity contribution is 0.0298. The zero-order chi connectivity index (χ0) is 17.2. The molecule has 2 aliphatic heterocycles. The lowest BCUT2D eigenvalue weighted by Crippen LogP contribution is -2.41. The second-order valence-corrected chi connectivity index (χ2v) is 8.25. The van der Waals surface area contributed by atoms with Crippen molar-refractivity contribution in [3.63, 3.8) is 0 Å². The number of amides is 1. The van der Waals surface area contributed by atoms with Crippen LogP contribution < -0.4 is 4.90 Å². The van der Waals surface area contributed by atoms with Crippen LogP contribution >= 0.6 is 0 Å². The number of aromatic nitrogens is 2. The van der Waals surface area contributed by atoms with Gasteiger partial charge in [-0.25, -0.2) is 8.42 Å². The maximum atomic E-state index is 12.4. The van der Waals surface area contributed by atoms with Gasteiger partial charge in [0.15, 0.2) is 21.3 Å². The van der Waals surface area contributed by atoms with Crippen molar-refractivity contribution in [2.45, 2.75) is 19.4 Å². The fourth-order valence-corrected chi connectivity index (χ4v) is 4.88. The molecule has 0 aliphatic carbocycles. The molecule has 2 aliphatic rings. The number of hydrogen-bond acceptors (Lipinski definition) is 7. The van der Waals surface area contributed by atoms with Crippen LogP contribution in [0.3, 0.4) is 0 Å². The van der Waals surface area contributed by atoms with E-state index in [0.717, 1.165) is 0 Å². The van der Waals surface area contributed by atoms with Gasteiger partial charge in [0.25, 0.3) is 5.91 Å². The molecule has 1 unspecified atom stereocenters. The topological polar surface area (TPSA) is 92.7 Å². The molecular formula is C15H22N4O4S. The molecule has 0 bridgehead atoms. The quantitative estimate of drug-likeness (QED) is 0.749.